The fourth-order valence-electron chi connectivity index (χ4n) is 3.55. The number of nitrogens with one attached hydrogen (secondary N) is 1. The maximum atomic E-state index is 3.66. The average Bonchev–Trinajstić information content (AvgIpc) is 2.76. The zero-order valence-corrected chi connectivity index (χ0v) is 12.5. The Kier molecular flexibility index (Phi) is 5.46. The summed E-state index contributed by atoms with van der Waals surface area (Å²) < 4.78 is 0. The van der Waals surface area contributed by atoms with Crippen molar-refractivity contribution in [3.8, 4) is 0 Å². The largest absolute Gasteiger partial charge is 0.313 e. The summed E-state index contributed by atoms with van der Waals surface area (Å²) >= 11 is 0. The second-order valence-corrected chi connectivity index (χ2v) is 6.28. The first-order chi connectivity index (χ1) is 8.70. The molecule has 0 aromatic carbocycles. The molecule has 2 fully saturated rings. The van der Waals surface area contributed by atoms with Crippen molar-refractivity contribution < 1.29 is 0 Å². The summed E-state index contributed by atoms with van der Waals surface area (Å²) in [7, 11) is 0. The lowest BCUT2D eigenvalue weighted by molar-refractivity contribution is 0.0599. The molecule has 0 aliphatic carbocycles. The minimum atomic E-state index is 0.679. The predicted molar refractivity (Wildman–Crippen MR) is 78.0 cm³/mol. The van der Waals surface area contributed by atoms with Crippen molar-refractivity contribution >= 4 is 0 Å². The van der Waals surface area contributed by atoms with Crippen molar-refractivity contribution in [2.24, 2.45) is 0 Å². The smallest absolute Gasteiger partial charge is 0.0224 e. The zero-order valence-electron chi connectivity index (χ0n) is 12.5. The number of rotatable bonds is 6. The van der Waals surface area contributed by atoms with E-state index in [2.05, 4.69) is 35.9 Å². The minimum Gasteiger partial charge on any atom is -0.313 e. The van der Waals surface area contributed by atoms with Gasteiger partial charge in [-0.05, 0) is 39.7 Å². The first-order valence-corrected chi connectivity index (χ1v) is 7.92. The third-order valence-electron chi connectivity index (χ3n) is 4.68. The second-order valence-electron chi connectivity index (χ2n) is 6.28. The second kappa shape index (κ2) is 6.88. The van der Waals surface area contributed by atoms with Crippen molar-refractivity contribution in [2.75, 3.05) is 32.7 Å². The predicted octanol–water partition coefficient (Wildman–Crippen LogP) is 1.93. The maximum Gasteiger partial charge on any atom is 0.0224 e. The van der Waals surface area contributed by atoms with Gasteiger partial charge in [-0.2, -0.15) is 0 Å². The van der Waals surface area contributed by atoms with Gasteiger partial charge in [0.25, 0.3) is 0 Å². The van der Waals surface area contributed by atoms with Gasteiger partial charge in [0.05, 0.1) is 0 Å². The van der Waals surface area contributed by atoms with Crippen molar-refractivity contribution in [1.82, 2.24) is 15.1 Å². The average molecular weight is 253 g/mol. The quantitative estimate of drug-likeness (QED) is 0.780. The molecule has 3 unspecified atom stereocenters. The Morgan fingerprint density at radius 1 is 1.33 bits per heavy atom. The van der Waals surface area contributed by atoms with E-state index >= 15 is 0 Å². The van der Waals surface area contributed by atoms with Crippen LogP contribution >= 0.6 is 0 Å². The van der Waals surface area contributed by atoms with E-state index in [-0.39, 0.29) is 0 Å². The molecule has 3 nitrogen and oxygen atoms in total. The third kappa shape index (κ3) is 3.69. The van der Waals surface area contributed by atoms with Crippen molar-refractivity contribution in [1.29, 1.82) is 0 Å². The van der Waals surface area contributed by atoms with Crippen LogP contribution in [0, 0.1) is 0 Å². The summed E-state index contributed by atoms with van der Waals surface area (Å²) in [5.41, 5.74) is 0. The topological polar surface area (TPSA) is 18.5 Å². The zero-order chi connectivity index (χ0) is 13.0. The highest BCUT2D eigenvalue weighted by Crippen LogP contribution is 2.24. The van der Waals surface area contributed by atoms with Crippen LogP contribution in [-0.4, -0.2) is 60.6 Å². The van der Waals surface area contributed by atoms with Gasteiger partial charge in [0.2, 0.25) is 0 Å². The molecule has 0 aromatic rings. The van der Waals surface area contributed by atoms with Gasteiger partial charge in [-0.3, -0.25) is 9.80 Å². The summed E-state index contributed by atoms with van der Waals surface area (Å²) in [5.74, 6) is 0. The Balaban J connectivity index is 1.69. The number of hydrogen-bond donors (Lipinski definition) is 1. The highest BCUT2D eigenvalue weighted by Gasteiger charge is 2.33. The molecule has 0 aromatic heterocycles. The number of nitrogens with zero attached hydrogens (tertiary/aromatic N) is 2. The van der Waals surface area contributed by atoms with Crippen LogP contribution in [0.15, 0.2) is 0 Å². The molecular formula is C15H31N3. The molecule has 0 amide bonds. The van der Waals surface area contributed by atoms with Crippen LogP contribution in [0.25, 0.3) is 0 Å². The SMILES string of the molecule is CCCC(C)NCCN1CC2CCCN2CC1C. The third-order valence-corrected chi connectivity index (χ3v) is 4.68. The number of piperazine rings is 1. The molecule has 106 valence electrons. The first kappa shape index (κ1) is 14.3. The van der Waals surface area contributed by atoms with E-state index in [0.717, 1.165) is 18.6 Å². The van der Waals surface area contributed by atoms with Gasteiger partial charge in [-0.1, -0.05) is 13.3 Å². The number of fused-ring (bicyclic) bond motifs is 1. The van der Waals surface area contributed by atoms with E-state index in [1.54, 1.807) is 0 Å². The van der Waals surface area contributed by atoms with Crippen LogP contribution in [0.4, 0.5) is 0 Å². The van der Waals surface area contributed by atoms with Crippen LogP contribution < -0.4 is 5.32 Å². The Morgan fingerprint density at radius 3 is 2.94 bits per heavy atom. The first-order valence-electron chi connectivity index (χ1n) is 7.92. The van der Waals surface area contributed by atoms with Crippen LogP contribution in [0.2, 0.25) is 0 Å². The monoisotopic (exact) mass is 253 g/mol. The van der Waals surface area contributed by atoms with Crippen LogP contribution in [0.1, 0.15) is 46.5 Å². The lowest BCUT2D eigenvalue weighted by Crippen LogP contribution is -2.56. The molecule has 2 rings (SSSR count). The van der Waals surface area contributed by atoms with Crippen molar-refractivity contribution in [2.45, 2.75) is 64.6 Å². The standard InChI is InChI=1S/C15H31N3/c1-4-6-13(2)16-8-10-17-12-15-7-5-9-18(15)11-14(17)3/h13-16H,4-12H2,1-3H3. The molecule has 2 aliphatic rings. The highest BCUT2D eigenvalue weighted by molar-refractivity contribution is 4.90. The number of hydrogen-bond acceptors (Lipinski definition) is 3. The molecule has 3 atom stereocenters. The maximum absolute atomic E-state index is 3.66. The van der Waals surface area contributed by atoms with Gasteiger partial charge in [0, 0.05) is 44.3 Å². The van der Waals surface area contributed by atoms with E-state index in [1.807, 2.05) is 0 Å². The molecule has 0 saturated carbocycles. The van der Waals surface area contributed by atoms with E-state index < -0.39 is 0 Å². The molecule has 0 spiro atoms. The summed E-state index contributed by atoms with van der Waals surface area (Å²) in [6.07, 6.45) is 5.41. The molecule has 2 saturated heterocycles. The van der Waals surface area contributed by atoms with E-state index in [4.69, 9.17) is 0 Å². The van der Waals surface area contributed by atoms with Gasteiger partial charge in [0.1, 0.15) is 0 Å². The van der Waals surface area contributed by atoms with E-state index in [1.165, 1.54) is 51.9 Å². The van der Waals surface area contributed by atoms with Gasteiger partial charge < -0.3 is 5.32 Å². The normalized spacial score (nSPS) is 31.5. The van der Waals surface area contributed by atoms with E-state index in [9.17, 15) is 0 Å². The van der Waals surface area contributed by atoms with Crippen molar-refractivity contribution in [3.05, 3.63) is 0 Å². The summed E-state index contributed by atoms with van der Waals surface area (Å²) in [5, 5.41) is 3.66. The lowest BCUT2D eigenvalue weighted by Gasteiger charge is -2.42. The van der Waals surface area contributed by atoms with Gasteiger partial charge in [-0.15, -0.1) is 0 Å². The molecule has 3 heteroatoms. The molecule has 2 heterocycles. The van der Waals surface area contributed by atoms with E-state index in [0.29, 0.717) is 6.04 Å². The minimum absolute atomic E-state index is 0.679. The van der Waals surface area contributed by atoms with Gasteiger partial charge in [0.15, 0.2) is 0 Å². The Hall–Kier alpha value is -0.120. The fourth-order valence-corrected chi connectivity index (χ4v) is 3.55. The molecular weight excluding hydrogens is 222 g/mol. The summed E-state index contributed by atoms with van der Waals surface area (Å²) in [4.78, 5) is 5.40. The fraction of sp³-hybridized carbons (Fsp3) is 1.00. The molecule has 2 aliphatic heterocycles. The highest BCUT2D eigenvalue weighted by atomic mass is 15.3. The lowest BCUT2D eigenvalue weighted by atomic mass is 10.1. The Labute approximate surface area is 113 Å². The van der Waals surface area contributed by atoms with Crippen LogP contribution in [0.5, 0.6) is 0 Å². The van der Waals surface area contributed by atoms with Crippen molar-refractivity contribution in [3.63, 3.8) is 0 Å². The van der Waals surface area contributed by atoms with Crippen LogP contribution in [-0.2, 0) is 0 Å². The Bertz CT molecular complexity index is 244. The molecule has 1 N–H and O–H groups in total. The Morgan fingerprint density at radius 2 is 2.17 bits per heavy atom. The summed E-state index contributed by atoms with van der Waals surface area (Å²) in [6, 6.07) is 2.27. The molecule has 0 bridgehead atoms. The molecule has 18 heavy (non-hydrogen) atoms. The van der Waals surface area contributed by atoms with Crippen LogP contribution in [0.3, 0.4) is 0 Å². The summed E-state index contributed by atoms with van der Waals surface area (Å²) in [6.45, 7) is 13.3. The van der Waals surface area contributed by atoms with Gasteiger partial charge in [-0.25, -0.2) is 0 Å². The molecule has 0 radical (unpaired) electrons. The van der Waals surface area contributed by atoms with Gasteiger partial charge >= 0.3 is 0 Å².